The van der Waals surface area contributed by atoms with Crippen molar-refractivity contribution in [1.29, 1.82) is 0 Å². The third-order valence-electron chi connectivity index (χ3n) is 2.82. The van der Waals surface area contributed by atoms with Gasteiger partial charge in [0.05, 0.1) is 0 Å². The number of amides is 1. The number of nitrogens with zero attached hydrogens (tertiary/aromatic N) is 1. The number of hydrogen-bond donors (Lipinski definition) is 4. The van der Waals surface area contributed by atoms with Gasteiger partial charge in [0.1, 0.15) is 0 Å². The summed E-state index contributed by atoms with van der Waals surface area (Å²) in [7, 11) is 0. The summed E-state index contributed by atoms with van der Waals surface area (Å²) in [6, 6.07) is 4.32. The van der Waals surface area contributed by atoms with Crippen LogP contribution in [0.25, 0.3) is 11.3 Å². The Kier molecular flexibility index (Phi) is 5.38. The molecule has 1 heterocycles. The molecule has 6 nitrogen and oxygen atoms in total. The predicted molar refractivity (Wildman–Crippen MR) is 79.5 cm³/mol. The van der Waals surface area contributed by atoms with Crippen molar-refractivity contribution in [3.63, 3.8) is 0 Å². The van der Waals surface area contributed by atoms with Crippen molar-refractivity contribution in [2.75, 3.05) is 11.9 Å². The molecule has 0 aliphatic carbocycles. The van der Waals surface area contributed by atoms with Gasteiger partial charge in [-0.05, 0) is 0 Å². The van der Waals surface area contributed by atoms with E-state index in [2.05, 4.69) is 10.3 Å². The van der Waals surface area contributed by atoms with E-state index >= 15 is 0 Å². The Labute approximate surface area is 127 Å². The molecule has 2 aromatic rings. The molecule has 0 saturated heterocycles. The standard InChI is InChI=1S/C14H16N2O4Se/c17-6-2-1-3-13(20)16-14-15-11(8-21-14)10-5-4-9(18)7-12(10)19/h4-5,7-8,17-19H,1-3,6H2,(H,15,16,20). The fourth-order valence-corrected chi connectivity index (χ4v) is 3.30. The molecule has 0 unspecified atom stereocenters. The topological polar surface area (TPSA) is 103 Å². The summed E-state index contributed by atoms with van der Waals surface area (Å²) in [5.74, 6) is -0.174. The number of aliphatic hydroxyl groups excluding tert-OH is 1. The number of carbonyl (C=O) groups excluding carboxylic acids is 1. The molecular weight excluding hydrogens is 339 g/mol. The van der Waals surface area contributed by atoms with E-state index in [0.717, 1.165) is 0 Å². The third kappa shape index (κ3) is 4.32. The number of phenolic OH excluding ortho intramolecular Hbond substituents is 2. The molecule has 1 aromatic carbocycles. The van der Waals surface area contributed by atoms with Crippen LogP contribution in [0.2, 0.25) is 0 Å². The molecule has 21 heavy (non-hydrogen) atoms. The zero-order chi connectivity index (χ0) is 15.2. The molecule has 0 atom stereocenters. The molecule has 112 valence electrons. The zero-order valence-corrected chi connectivity index (χ0v) is 13.0. The van der Waals surface area contributed by atoms with Crippen LogP contribution in [0.15, 0.2) is 23.1 Å². The van der Waals surface area contributed by atoms with Gasteiger partial charge in [0, 0.05) is 0 Å². The van der Waals surface area contributed by atoms with Gasteiger partial charge in [-0.2, -0.15) is 0 Å². The van der Waals surface area contributed by atoms with Crippen LogP contribution in [0.1, 0.15) is 19.3 Å². The van der Waals surface area contributed by atoms with E-state index in [-0.39, 0.29) is 38.5 Å². The van der Waals surface area contributed by atoms with Crippen molar-refractivity contribution in [2.45, 2.75) is 19.3 Å². The van der Waals surface area contributed by atoms with Gasteiger partial charge in [0.15, 0.2) is 0 Å². The summed E-state index contributed by atoms with van der Waals surface area (Å²) < 4.78 is 0.596. The van der Waals surface area contributed by atoms with Gasteiger partial charge in [0.2, 0.25) is 0 Å². The first kappa shape index (κ1) is 15.6. The van der Waals surface area contributed by atoms with Crippen molar-refractivity contribution < 1.29 is 20.1 Å². The molecule has 0 bridgehead atoms. The molecule has 2 rings (SSSR count). The number of phenols is 2. The molecule has 0 saturated carbocycles. The average molecular weight is 355 g/mol. The second-order valence-electron chi connectivity index (χ2n) is 4.47. The number of aromatic hydroxyl groups is 2. The van der Waals surface area contributed by atoms with Crippen LogP contribution < -0.4 is 5.32 Å². The van der Waals surface area contributed by atoms with Crippen LogP contribution in [0, 0.1) is 0 Å². The van der Waals surface area contributed by atoms with Crippen molar-refractivity contribution in [1.82, 2.24) is 4.98 Å². The van der Waals surface area contributed by atoms with E-state index in [1.807, 2.05) is 4.94 Å². The summed E-state index contributed by atoms with van der Waals surface area (Å²) in [4.78, 5) is 17.8. The van der Waals surface area contributed by atoms with Crippen molar-refractivity contribution in [2.24, 2.45) is 0 Å². The van der Waals surface area contributed by atoms with E-state index < -0.39 is 0 Å². The summed E-state index contributed by atoms with van der Waals surface area (Å²) in [5, 5.41) is 30.5. The second kappa shape index (κ2) is 7.26. The SMILES string of the molecule is O=C(CCCCO)Nc1nc(-c2ccc(O)cc2O)c[se]1. The number of nitrogens with one attached hydrogen (secondary N) is 1. The Balaban J connectivity index is 2.02. The van der Waals surface area contributed by atoms with Crippen molar-refractivity contribution in [3.05, 3.63) is 23.1 Å². The molecule has 0 radical (unpaired) electrons. The molecule has 1 amide bonds. The zero-order valence-electron chi connectivity index (χ0n) is 11.2. The fourth-order valence-electron chi connectivity index (χ4n) is 1.77. The average Bonchev–Trinajstić information content (AvgIpc) is 2.87. The maximum atomic E-state index is 11.7. The van der Waals surface area contributed by atoms with Crippen LogP contribution in [-0.4, -0.2) is 47.3 Å². The Bertz CT molecular complexity index is 627. The van der Waals surface area contributed by atoms with Crippen LogP contribution in [0.5, 0.6) is 11.5 Å². The van der Waals surface area contributed by atoms with Gasteiger partial charge in [-0.15, -0.1) is 0 Å². The second-order valence-corrected chi connectivity index (χ2v) is 6.27. The van der Waals surface area contributed by atoms with Crippen LogP contribution in [0.3, 0.4) is 0 Å². The molecule has 4 N–H and O–H groups in total. The Hall–Kier alpha value is -1.82. The normalized spacial score (nSPS) is 10.5. The first-order valence-corrected chi connectivity index (χ1v) is 8.33. The van der Waals surface area contributed by atoms with Gasteiger partial charge in [-0.1, -0.05) is 0 Å². The number of carbonyl (C=O) groups is 1. The van der Waals surface area contributed by atoms with Gasteiger partial charge in [-0.25, -0.2) is 0 Å². The fraction of sp³-hybridized carbons (Fsp3) is 0.286. The first-order chi connectivity index (χ1) is 10.1. The Morgan fingerprint density at radius 2 is 2.10 bits per heavy atom. The predicted octanol–water partition coefficient (Wildman–Crippen LogP) is 1.32. The van der Waals surface area contributed by atoms with Crippen LogP contribution in [0.4, 0.5) is 4.69 Å². The summed E-state index contributed by atoms with van der Waals surface area (Å²) in [5.41, 5.74) is 1.12. The molecule has 0 aliphatic heterocycles. The molecule has 0 fully saturated rings. The minimum atomic E-state index is -0.117. The van der Waals surface area contributed by atoms with Crippen LogP contribution in [-0.2, 0) is 4.79 Å². The first-order valence-electron chi connectivity index (χ1n) is 6.48. The molecule has 7 heteroatoms. The van der Waals surface area contributed by atoms with E-state index in [9.17, 15) is 15.0 Å². The third-order valence-corrected chi connectivity index (χ3v) is 4.41. The number of rotatable bonds is 6. The van der Waals surface area contributed by atoms with E-state index in [1.165, 1.54) is 12.1 Å². The van der Waals surface area contributed by atoms with E-state index in [1.54, 1.807) is 6.07 Å². The van der Waals surface area contributed by atoms with Gasteiger partial charge < -0.3 is 0 Å². The Morgan fingerprint density at radius 3 is 2.81 bits per heavy atom. The van der Waals surface area contributed by atoms with E-state index in [0.29, 0.717) is 35.2 Å². The minimum absolute atomic E-state index is 0.0123. The van der Waals surface area contributed by atoms with Gasteiger partial charge in [0.25, 0.3) is 0 Å². The van der Waals surface area contributed by atoms with Crippen molar-refractivity contribution >= 4 is 25.1 Å². The molecular formula is C14H16N2O4Se. The number of hydrogen-bond acceptors (Lipinski definition) is 5. The summed E-state index contributed by atoms with van der Waals surface area (Å²) in [6.45, 7) is 0.0873. The number of aromatic nitrogens is 1. The summed E-state index contributed by atoms with van der Waals surface area (Å²) in [6.07, 6.45) is 1.60. The monoisotopic (exact) mass is 356 g/mol. The van der Waals surface area contributed by atoms with E-state index in [4.69, 9.17) is 5.11 Å². The number of benzene rings is 1. The molecule has 1 aromatic heterocycles. The number of unbranched alkanes of at least 4 members (excludes halogenated alkanes) is 1. The summed E-state index contributed by atoms with van der Waals surface area (Å²) >= 11 is -0.0910. The van der Waals surface area contributed by atoms with Crippen molar-refractivity contribution in [3.8, 4) is 22.8 Å². The number of anilines is 1. The maximum absolute atomic E-state index is 11.7. The van der Waals surface area contributed by atoms with Gasteiger partial charge in [-0.3, -0.25) is 0 Å². The van der Waals surface area contributed by atoms with Crippen LogP contribution >= 0.6 is 0 Å². The molecule has 0 aliphatic rings. The Morgan fingerprint density at radius 1 is 1.29 bits per heavy atom. The molecule has 0 spiro atoms. The van der Waals surface area contributed by atoms with Gasteiger partial charge >= 0.3 is 127 Å². The quantitative estimate of drug-likeness (QED) is 0.462. The number of aliphatic hydroxyl groups is 1.